The lowest BCUT2D eigenvalue weighted by atomic mass is 10.1. The number of hydrogen-bond donors (Lipinski definition) is 2. The fourth-order valence-electron chi connectivity index (χ4n) is 3.05. The van der Waals surface area contributed by atoms with Crippen molar-refractivity contribution in [3.63, 3.8) is 0 Å². The highest BCUT2D eigenvalue weighted by Crippen LogP contribution is 2.22. The summed E-state index contributed by atoms with van der Waals surface area (Å²) >= 11 is 0. The van der Waals surface area contributed by atoms with E-state index in [0.717, 1.165) is 11.1 Å². The van der Waals surface area contributed by atoms with Crippen LogP contribution in [0.25, 0.3) is 33.7 Å². The van der Waals surface area contributed by atoms with Gasteiger partial charge in [0.2, 0.25) is 21.3 Å². The van der Waals surface area contributed by atoms with Crippen molar-refractivity contribution in [1.82, 2.24) is 19.8 Å². The molecule has 0 unspecified atom stereocenters. The van der Waals surface area contributed by atoms with E-state index in [2.05, 4.69) is 19.8 Å². The number of rotatable bonds is 5. The van der Waals surface area contributed by atoms with Gasteiger partial charge in [0.05, 0.1) is 4.90 Å². The molecule has 2 N–H and O–H groups in total. The predicted molar refractivity (Wildman–Crippen MR) is 113 cm³/mol. The molecule has 2 aromatic carbocycles. The Balaban J connectivity index is 1.78. The van der Waals surface area contributed by atoms with Crippen molar-refractivity contribution in [2.24, 2.45) is 0 Å². The van der Waals surface area contributed by atoms with Crippen molar-refractivity contribution in [2.45, 2.75) is 31.7 Å². The number of benzene rings is 2. The Hall–Kier alpha value is -3.30. The van der Waals surface area contributed by atoms with Crippen LogP contribution >= 0.6 is 0 Å². The summed E-state index contributed by atoms with van der Waals surface area (Å²) in [7, 11) is -3.73. The van der Waals surface area contributed by atoms with Gasteiger partial charge in [-0.15, -0.1) is 0 Å². The molecule has 2 aromatic heterocycles. The van der Waals surface area contributed by atoms with Gasteiger partial charge in [-0.05, 0) is 39.0 Å². The SMILES string of the molecule is Cc1ccc(-c2noc(-c3c[nH]c4ccc(S(=O)(=O)NC(C)C)cc4c3=O)n2)cc1. The molecule has 0 spiro atoms. The van der Waals surface area contributed by atoms with Gasteiger partial charge in [-0.1, -0.05) is 35.0 Å². The Morgan fingerprint density at radius 2 is 1.83 bits per heavy atom. The van der Waals surface area contributed by atoms with Gasteiger partial charge in [0.1, 0.15) is 5.56 Å². The summed E-state index contributed by atoms with van der Waals surface area (Å²) in [6.07, 6.45) is 1.48. The van der Waals surface area contributed by atoms with Crippen LogP contribution in [0.1, 0.15) is 19.4 Å². The van der Waals surface area contributed by atoms with Gasteiger partial charge in [-0.3, -0.25) is 4.79 Å². The molecule has 0 bridgehead atoms. The molecule has 0 fully saturated rings. The average Bonchev–Trinajstić information content (AvgIpc) is 3.17. The Morgan fingerprint density at radius 3 is 2.53 bits per heavy atom. The third kappa shape index (κ3) is 3.77. The molecule has 2 heterocycles. The van der Waals surface area contributed by atoms with Crippen molar-refractivity contribution in [3.8, 4) is 22.8 Å². The number of aromatic amines is 1. The third-order valence-electron chi connectivity index (χ3n) is 4.52. The van der Waals surface area contributed by atoms with Gasteiger partial charge in [-0.25, -0.2) is 13.1 Å². The molecule has 0 amide bonds. The number of fused-ring (bicyclic) bond motifs is 1. The summed E-state index contributed by atoms with van der Waals surface area (Å²) < 4.78 is 32.8. The lowest BCUT2D eigenvalue weighted by molar-refractivity contribution is 0.432. The first kappa shape index (κ1) is 20.0. The lowest BCUT2D eigenvalue weighted by Gasteiger charge is -2.10. The van der Waals surface area contributed by atoms with Crippen molar-refractivity contribution >= 4 is 20.9 Å². The van der Waals surface area contributed by atoms with Crippen LogP contribution in [0.2, 0.25) is 0 Å². The predicted octanol–water partition coefficient (Wildman–Crippen LogP) is 3.24. The Morgan fingerprint density at radius 1 is 1.10 bits per heavy atom. The van der Waals surface area contributed by atoms with Crippen LogP contribution in [0.4, 0.5) is 0 Å². The second-order valence-corrected chi connectivity index (χ2v) is 9.02. The molecular weight excluding hydrogens is 404 g/mol. The second kappa shape index (κ2) is 7.51. The van der Waals surface area contributed by atoms with Crippen LogP contribution in [-0.2, 0) is 10.0 Å². The minimum absolute atomic E-state index is 0.0113. The van der Waals surface area contributed by atoms with Gasteiger partial charge in [0, 0.05) is 28.7 Å². The van der Waals surface area contributed by atoms with E-state index in [1.807, 2.05) is 31.2 Å². The zero-order chi connectivity index (χ0) is 21.5. The van der Waals surface area contributed by atoms with Gasteiger partial charge in [-0.2, -0.15) is 4.98 Å². The number of pyridine rings is 1. The first-order chi connectivity index (χ1) is 14.2. The molecular formula is C21H20N4O4S. The van der Waals surface area contributed by atoms with E-state index in [9.17, 15) is 13.2 Å². The number of H-pyrrole nitrogens is 1. The van der Waals surface area contributed by atoms with Crippen LogP contribution in [0, 0.1) is 6.92 Å². The largest absolute Gasteiger partial charge is 0.360 e. The zero-order valence-electron chi connectivity index (χ0n) is 16.6. The van der Waals surface area contributed by atoms with Crippen LogP contribution in [0.3, 0.4) is 0 Å². The van der Waals surface area contributed by atoms with Gasteiger partial charge in [0.25, 0.3) is 5.89 Å². The van der Waals surface area contributed by atoms with Crippen molar-refractivity contribution in [3.05, 3.63) is 64.4 Å². The zero-order valence-corrected chi connectivity index (χ0v) is 17.4. The maximum Gasteiger partial charge on any atom is 0.263 e. The number of aromatic nitrogens is 3. The summed E-state index contributed by atoms with van der Waals surface area (Å²) in [5, 5.41) is 4.18. The molecule has 0 aliphatic rings. The van der Waals surface area contributed by atoms with Crippen LogP contribution < -0.4 is 10.2 Å². The maximum atomic E-state index is 13.1. The molecule has 4 rings (SSSR count). The Labute approximate surface area is 173 Å². The number of sulfonamides is 1. The summed E-state index contributed by atoms with van der Waals surface area (Å²) in [6, 6.07) is 11.7. The number of nitrogens with one attached hydrogen (secondary N) is 2. The fourth-order valence-corrected chi connectivity index (χ4v) is 4.33. The highest BCUT2D eigenvalue weighted by molar-refractivity contribution is 7.89. The maximum absolute atomic E-state index is 13.1. The van der Waals surface area contributed by atoms with Crippen molar-refractivity contribution in [2.75, 3.05) is 0 Å². The molecule has 0 saturated carbocycles. The molecule has 30 heavy (non-hydrogen) atoms. The van der Waals surface area contributed by atoms with Gasteiger partial charge in [0.15, 0.2) is 0 Å². The summed E-state index contributed by atoms with van der Waals surface area (Å²) in [4.78, 5) is 20.4. The van der Waals surface area contributed by atoms with E-state index < -0.39 is 15.5 Å². The molecule has 0 saturated heterocycles. The first-order valence-electron chi connectivity index (χ1n) is 9.33. The average molecular weight is 424 g/mol. The number of hydrogen-bond acceptors (Lipinski definition) is 6. The van der Waals surface area contributed by atoms with Crippen LogP contribution in [-0.4, -0.2) is 29.6 Å². The molecule has 0 aliphatic heterocycles. The minimum atomic E-state index is -3.73. The fraction of sp³-hybridized carbons (Fsp3) is 0.190. The van der Waals surface area contributed by atoms with Crippen molar-refractivity contribution in [1.29, 1.82) is 0 Å². The van der Waals surface area contributed by atoms with E-state index in [0.29, 0.717) is 11.3 Å². The van der Waals surface area contributed by atoms with Gasteiger partial charge >= 0.3 is 0 Å². The highest BCUT2D eigenvalue weighted by atomic mass is 32.2. The monoisotopic (exact) mass is 424 g/mol. The van der Waals surface area contributed by atoms with Crippen LogP contribution in [0.15, 0.2) is 62.9 Å². The van der Waals surface area contributed by atoms with Crippen molar-refractivity contribution < 1.29 is 12.9 Å². The quantitative estimate of drug-likeness (QED) is 0.508. The first-order valence-corrected chi connectivity index (χ1v) is 10.8. The van der Waals surface area contributed by atoms with Gasteiger partial charge < -0.3 is 9.51 Å². The van der Waals surface area contributed by atoms with Crippen LogP contribution in [0.5, 0.6) is 0 Å². The normalized spacial score (nSPS) is 12.0. The van der Waals surface area contributed by atoms with E-state index >= 15 is 0 Å². The number of aryl methyl sites for hydroxylation is 1. The Bertz CT molecular complexity index is 1390. The summed E-state index contributed by atoms with van der Waals surface area (Å²) in [6.45, 7) is 5.43. The van der Waals surface area contributed by atoms with E-state index in [4.69, 9.17) is 4.52 Å². The second-order valence-electron chi connectivity index (χ2n) is 7.30. The topological polar surface area (TPSA) is 118 Å². The van der Waals surface area contributed by atoms with E-state index in [1.54, 1.807) is 19.9 Å². The molecule has 4 aromatic rings. The Kier molecular flexibility index (Phi) is 5.00. The molecule has 9 heteroatoms. The lowest BCUT2D eigenvalue weighted by Crippen LogP contribution is -2.30. The molecule has 8 nitrogen and oxygen atoms in total. The molecule has 0 aliphatic carbocycles. The highest BCUT2D eigenvalue weighted by Gasteiger charge is 2.19. The molecule has 154 valence electrons. The minimum Gasteiger partial charge on any atom is -0.360 e. The smallest absolute Gasteiger partial charge is 0.263 e. The summed E-state index contributed by atoms with van der Waals surface area (Å²) in [5.74, 6) is 0.421. The standard InChI is InChI=1S/C21H20N4O4S/c1-12(2)25-30(27,28)15-8-9-18-16(10-15)19(26)17(11-22-18)21-23-20(24-29-21)14-6-4-13(3)5-7-14/h4-12,25H,1-3H3,(H,22,26). The van der Waals surface area contributed by atoms with E-state index in [1.165, 1.54) is 18.3 Å². The molecule has 0 atom stereocenters. The van der Waals surface area contributed by atoms with E-state index in [-0.39, 0.29) is 27.8 Å². The molecule has 0 radical (unpaired) electrons. The number of nitrogens with zero attached hydrogens (tertiary/aromatic N) is 2. The third-order valence-corrected chi connectivity index (χ3v) is 6.18. The summed E-state index contributed by atoms with van der Waals surface area (Å²) in [5.41, 5.74) is 2.14.